The smallest absolute Gasteiger partial charge is 0.313 e. The summed E-state index contributed by atoms with van der Waals surface area (Å²) in [6, 6.07) is 13.9. The van der Waals surface area contributed by atoms with Crippen molar-refractivity contribution in [3.8, 4) is 0 Å². The van der Waals surface area contributed by atoms with E-state index in [1.807, 2.05) is 39.2 Å². The number of nitrogens with zero attached hydrogens (tertiary/aromatic N) is 2. The van der Waals surface area contributed by atoms with E-state index in [0.29, 0.717) is 12.2 Å². The van der Waals surface area contributed by atoms with Crippen molar-refractivity contribution in [3.63, 3.8) is 0 Å². The third-order valence-corrected chi connectivity index (χ3v) is 5.40. The number of likely N-dealkylation sites (N-methyl/N-ethyl adjacent to an activating group) is 1. The van der Waals surface area contributed by atoms with Crippen molar-refractivity contribution >= 4 is 23.2 Å². The van der Waals surface area contributed by atoms with Gasteiger partial charge in [-0.25, -0.2) is 0 Å². The lowest BCUT2D eigenvalue weighted by atomic mass is 9.96. The molecule has 0 aliphatic carbocycles. The Morgan fingerprint density at radius 1 is 1.14 bits per heavy atom. The lowest BCUT2D eigenvalue weighted by molar-refractivity contribution is -0.136. The van der Waals surface area contributed by atoms with Crippen molar-refractivity contribution < 1.29 is 9.59 Å². The largest absolute Gasteiger partial charge is 0.374 e. The van der Waals surface area contributed by atoms with Gasteiger partial charge in [-0.2, -0.15) is 0 Å². The number of anilines is 2. The van der Waals surface area contributed by atoms with E-state index in [2.05, 4.69) is 45.7 Å². The van der Waals surface area contributed by atoms with Crippen LogP contribution in [0.4, 0.5) is 11.4 Å². The average molecular weight is 395 g/mol. The molecule has 1 aliphatic rings. The van der Waals surface area contributed by atoms with Crippen LogP contribution in [-0.2, 0) is 16.0 Å². The first-order valence-electron chi connectivity index (χ1n) is 10.0. The molecule has 154 valence electrons. The Morgan fingerprint density at radius 3 is 2.66 bits per heavy atom. The maximum absolute atomic E-state index is 12.3. The molecule has 1 heterocycles. The summed E-state index contributed by atoms with van der Waals surface area (Å²) < 4.78 is 0. The van der Waals surface area contributed by atoms with Gasteiger partial charge in [-0.15, -0.1) is 0 Å². The van der Waals surface area contributed by atoms with Crippen LogP contribution in [0, 0.1) is 6.92 Å². The lowest BCUT2D eigenvalue weighted by Gasteiger charge is -2.30. The number of fused-ring (bicyclic) bond motifs is 1. The van der Waals surface area contributed by atoms with Crippen LogP contribution in [-0.4, -0.2) is 50.9 Å². The molecule has 0 aromatic heterocycles. The van der Waals surface area contributed by atoms with E-state index in [1.165, 1.54) is 11.3 Å². The highest BCUT2D eigenvalue weighted by Gasteiger charge is 2.21. The van der Waals surface area contributed by atoms with Crippen molar-refractivity contribution in [1.82, 2.24) is 10.2 Å². The number of benzene rings is 2. The van der Waals surface area contributed by atoms with Crippen molar-refractivity contribution in [2.45, 2.75) is 25.8 Å². The quantitative estimate of drug-likeness (QED) is 0.766. The number of carbonyl (C=O) groups excluding carboxylic acids is 2. The monoisotopic (exact) mass is 394 g/mol. The van der Waals surface area contributed by atoms with Crippen LogP contribution in [0.2, 0.25) is 0 Å². The molecule has 0 saturated heterocycles. The van der Waals surface area contributed by atoms with Crippen LogP contribution < -0.4 is 15.5 Å². The summed E-state index contributed by atoms with van der Waals surface area (Å²) in [4.78, 5) is 28.9. The molecule has 2 aromatic rings. The van der Waals surface area contributed by atoms with Gasteiger partial charge in [0.15, 0.2) is 0 Å². The predicted molar refractivity (Wildman–Crippen MR) is 117 cm³/mol. The third-order valence-electron chi connectivity index (χ3n) is 5.40. The van der Waals surface area contributed by atoms with E-state index in [4.69, 9.17) is 0 Å². The molecule has 29 heavy (non-hydrogen) atoms. The van der Waals surface area contributed by atoms with Crippen molar-refractivity contribution in [2.24, 2.45) is 0 Å². The zero-order chi connectivity index (χ0) is 21.0. The number of rotatable bonds is 5. The second kappa shape index (κ2) is 9.09. The maximum Gasteiger partial charge on any atom is 0.313 e. The second-order valence-corrected chi connectivity index (χ2v) is 7.93. The summed E-state index contributed by atoms with van der Waals surface area (Å²) in [7, 11) is 6.08. The highest BCUT2D eigenvalue weighted by molar-refractivity contribution is 6.39. The van der Waals surface area contributed by atoms with Crippen molar-refractivity contribution in [3.05, 3.63) is 59.2 Å². The topological polar surface area (TPSA) is 64.7 Å². The molecule has 2 aromatic carbocycles. The van der Waals surface area contributed by atoms with E-state index in [9.17, 15) is 9.59 Å². The van der Waals surface area contributed by atoms with Crippen LogP contribution in [0.25, 0.3) is 0 Å². The maximum atomic E-state index is 12.3. The van der Waals surface area contributed by atoms with Crippen LogP contribution in [0.15, 0.2) is 42.5 Å². The molecular weight excluding hydrogens is 364 g/mol. The summed E-state index contributed by atoms with van der Waals surface area (Å²) in [5, 5.41) is 5.43. The molecule has 3 rings (SSSR count). The number of hydrogen-bond acceptors (Lipinski definition) is 4. The number of nitrogens with one attached hydrogen (secondary N) is 2. The van der Waals surface area contributed by atoms with Gasteiger partial charge in [-0.1, -0.05) is 24.3 Å². The summed E-state index contributed by atoms with van der Waals surface area (Å²) in [6.07, 6.45) is 2.22. The van der Waals surface area contributed by atoms with Crippen molar-refractivity contribution in [1.29, 1.82) is 0 Å². The third kappa shape index (κ3) is 5.15. The zero-order valence-electron chi connectivity index (χ0n) is 17.7. The first-order valence-corrected chi connectivity index (χ1v) is 10.0. The second-order valence-electron chi connectivity index (χ2n) is 7.93. The van der Waals surface area contributed by atoms with Crippen LogP contribution in [0.3, 0.4) is 0 Å². The fourth-order valence-electron chi connectivity index (χ4n) is 3.79. The Bertz CT molecular complexity index is 894. The summed E-state index contributed by atoms with van der Waals surface area (Å²) in [5.74, 6) is -1.28. The van der Waals surface area contributed by atoms with E-state index >= 15 is 0 Å². The molecule has 0 fully saturated rings. The molecule has 0 saturated carbocycles. The number of hydrogen-bond donors (Lipinski definition) is 2. The molecule has 1 atom stereocenters. The van der Waals surface area contributed by atoms with Gasteiger partial charge >= 0.3 is 11.8 Å². The van der Waals surface area contributed by atoms with Crippen LogP contribution in [0.5, 0.6) is 0 Å². The molecule has 0 unspecified atom stereocenters. The summed E-state index contributed by atoms with van der Waals surface area (Å²) in [5.41, 5.74) is 5.40. The molecule has 2 amide bonds. The van der Waals surface area contributed by atoms with Crippen molar-refractivity contribution in [2.75, 3.05) is 44.4 Å². The highest BCUT2D eigenvalue weighted by Crippen LogP contribution is 2.29. The van der Waals surface area contributed by atoms with E-state index in [1.54, 1.807) is 6.07 Å². The number of aryl methyl sites for hydroxylation is 2. The van der Waals surface area contributed by atoms with Gasteiger partial charge in [0.2, 0.25) is 0 Å². The Labute approximate surface area is 172 Å². The van der Waals surface area contributed by atoms with Gasteiger partial charge in [0.05, 0.1) is 6.04 Å². The molecule has 2 N–H and O–H groups in total. The molecule has 0 radical (unpaired) electrons. The lowest BCUT2D eigenvalue weighted by Crippen LogP contribution is -2.40. The number of carbonyl (C=O) groups is 2. The Morgan fingerprint density at radius 2 is 1.93 bits per heavy atom. The van der Waals surface area contributed by atoms with E-state index in [-0.39, 0.29) is 6.04 Å². The minimum Gasteiger partial charge on any atom is -0.374 e. The Balaban J connectivity index is 1.65. The minimum atomic E-state index is -0.653. The average Bonchev–Trinajstić information content (AvgIpc) is 2.68. The van der Waals surface area contributed by atoms with Crippen LogP contribution in [0.1, 0.15) is 29.2 Å². The first kappa shape index (κ1) is 20.9. The Kier molecular flexibility index (Phi) is 6.54. The van der Waals surface area contributed by atoms with Gasteiger partial charge in [0, 0.05) is 31.5 Å². The highest BCUT2D eigenvalue weighted by atomic mass is 16.2. The van der Waals surface area contributed by atoms with Gasteiger partial charge in [0.1, 0.15) is 0 Å². The normalized spacial score (nSPS) is 14.3. The molecule has 0 bridgehead atoms. The molecule has 1 aliphatic heterocycles. The van der Waals surface area contributed by atoms with Gasteiger partial charge < -0.3 is 20.4 Å². The fourth-order valence-corrected chi connectivity index (χ4v) is 3.79. The zero-order valence-corrected chi connectivity index (χ0v) is 17.7. The van der Waals surface area contributed by atoms with E-state index < -0.39 is 11.8 Å². The van der Waals surface area contributed by atoms with Crippen LogP contribution >= 0.6 is 0 Å². The first-order chi connectivity index (χ1) is 13.8. The van der Waals surface area contributed by atoms with Gasteiger partial charge in [-0.3, -0.25) is 9.59 Å². The minimum absolute atomic E-state index is 0.0109. The molecule has 6 nitrogen and oxygen atoms in total. The molecular formula is C23H30N4O2. The van der Waals surface area contributed by atoms with Gasteiger partial charge in [0.25, 0.3) is 0 Å². The predicted octanol–water partition coefficient (Wildman–Crippen LogP) is 2.74. The fraction of sp³-hybridized carbons (Fsp3) is 0.391. The molecule has 6 heteroatoms. The molecule has 0 spiro atoms. The standard InChI is InChI=1S/C23H30N4O2/c1-16-7-5-9-19(13-16)25-23(29)22(28)24-15-21(26(2)3)18-10-11-20-17(14-18)8-6-12-27(20)4/h5,7,9-11,13-14,21H,6,8,12,15H2,1-4H3,(H,24,28)(H,25,29)/t21-/m1/s1. The van der Waals surface area contributed by atoms with Gasteiger partial charge in [-0.05, 0) is 68.8 Å². The Hall–Kier alpha value is -2.86. The summed E-state index contributed by atoms with van der Waals surface area (Å²) in [6.45, 7) is 3.38. The number of amides is 2. The SMILES string of the molecule is Cc1cccc(NC(=O)C(=O)NC[C@H](c2ccc3c(c2)CCCN3C)N(C)C)c1. The summed E-state index contributed by atoms with van der Waals surface area (Å²) >= 11 is 0. The van der Waals surface area contributed by atoms with E-state index in [0.717, 1.165) is 30.5 Å².